The molecule has 17 heavy (non-hydrogen) atoms. The summed E-state index contributed by atoms with van der Waals surface area (Å²) in [4.78, 5) is 13.1. The summed E-state index contributed by atoms with van der Waals surface area (Å²) in [6.45, 7) is 2.00. The van der Waals surface area contributed by atoms with Gasteiger partial charge in [0.25, 0.3) is 0 Å². The maximum Gasteiger partial charge on any atom is 0.316 e. The lowest BCUT2D eigenvalue weighted by molar-refractivity contribution is -0.139. The van der Waals surface area contributed by atoms with Gasteiger partial charge in [0.1, 0.15) is 5.75 Å². The van der Waals surface area contributed by atoms with Crippen molar-refractivity contribution < 1.29 is 9.53 Å². The van der Waals surface area contributed by atoms with Gasteiger partial charge in [0.05, 0.1) is 11.2 Å². The third-order valence-electron chi connectivity index (χ3n) is 3.18. The van der Waals surface area contributed by atoms with Crippen LogP contribution in [0.2, 0.25) is 5.02 Å². The summed E-state index contributed by atoms with van der Waals surface area (Å²) in [7, 11) is 0. The minimum Gasteiger partial charge on any atom is -0.426 e. The van der Waals surface area contributed by atoms with Gasteiger partial charge < -0.3 is 4.74 Å². The Morgan fingerprint density at radius 3 is 3.12 bits per heavy atom. The largest absolute Gasteiger partial charge is 0.426 e. The normalized spacial score (nSPS) is 28.8. The van der Waals surface area contributed by atoms with Crippen LogP contribution in [0.5, 0.6) is 5.75 Å². The number of rotatable bonds is 0. The van der Waals surface area contributed by atoms with Crippen molar-refractivity contribution in [3.05, 3.63) is 39.8 Å². The molecule has 1 fully saturated rings. The fourth-order valence-electron chi connectivity index (χ4n) is 2.31. The van der Waals surface area contributed by atoms with E-state index >= 15 is 0 Å². The van der Waals surface area contributed by atoms with Crippen LogP contribution in [0.15, 0.2) is 29.2 Å². The zero-order valence-corrected chi connectivity index (χ0v) is 10.8. The predicted octanol–water partition coefficient (Wildman–Crippen LogP) is 3.96. The summed E-state index contributed by atoms with van der Waals surface area (Å²) in [6, 6.07) is 5.44. The first-order valence-corrected chi connectivity index (χ1v) is 6.78. The third kappa shape index (κ3) is 1.78. The Morgan fingerprint density at radius 1 is 1.53 bits per heavy atom. The Hall–Kier alpha value is -0.930. The molecule has 0 bridgehead atoms. The van der Waals surface area contributed by atoms with Gasteiger partial charge in [-0.3, -0.25) is 4.79 Å². The molecule has 3 rings (SSSR count). The van der Waals surface area contributed by atoms with Crippen LogP contribution < -0.4 is 4.74 Å². The first-order chi connectivity index (χ1) is 8.19. The number of halogens is 1. The highest BCUT2D eigenvalue weighted by molar-refractivity contribution is 8.03. The molecule has 2 atom stereocenters. The summed E-state index contributed by atoms with van der Waals surface area (Å²) in [5, 5.41) is 0.853. The van der Waals surface area contributed by atoms with E-state index in [9.17, 15) is 4.79 Å². The van der Waals surface area contributed by atoms with Crippen LogP contribution in [0.4, 0.5) is 0 Å². The van der Waals surface area contributed by atoms with Crippen LogP contribution in [-0.2, 0) is 4.79 Å². The molecule has 2 aliphatic heterocycles. The Balaban J connectivity index is 2.09. The molecule has 1 aromatic carbocycles. The van der Waals surface area contributed by atoms with E-state index in [2.05, 4.69) is 6.08 Å². The van der Waals surface area contributed by atoms with E-state index in [0.29, 0.717) is 10.8 Å². The topological polar surface area (TPSA) is 26.3 Å². The standard InChI is InChI=1S/C13H11ClO2S/c1-2-8-6-10-12(17-8)9-5-7(14)3-4-11(9)16-13(10)15/h2-5,10,12H,6H2,1H3/b8-2+. The molecule has 1 saturated heterocycles. The smallest absolute Gasteiger partial charge is 0.316 e. The summed E-state index contributed by atoms with van der Waals surface area (Å²) in [5.74, 6) is 0.483. The van der Waals surface area contributed by atoms with Crippen molar-refractivity contribution in [2.75, 3.05) is 0 Å². The second-order valence-electron chi connectivity index (χ2n) is 4.21. The summed E-state index contributed by atoms with van der Waals surface area (Å²) >= 11 is 7.76. The van der Waals surface area contributed by atoms with Gasteiger partial charge in [-0.2, -0.15) is 0 Å². The Bertz CT molecular complexity index is 524. The van der Waals surface area contributed by atoms with Crippen LogP contribution in [0, 0.1) is 5.92 Å². The molecule has 2 aliphatic rings. The molecular formula is C13H11ClO2S. The van der Waals surface area contributed by atoms with Crippen LogP contribution in [0.1, 0.15) is 24.2 Å². The highest BCUT2D eigenvalue weighted by atomic mass is 35.5. The van der Waals surface area contributed by atoms with E-state index < -0.39 is 0 Å². The van der Waals surface area contributed by atoms with E-state index in [0.717, 1.165) is 12.0 Å². The maximum absolute atomic E-state index is 11.9. The molecular weight excluding hydrogens is 256 g/mol. The molecule has 0 saturated carbocycles. The molecule has 0 radical (unpaired) electrons. The second-order valence-corrected chi connectivity index (χ2v) is 5.91. The van der Waals surface area contributed by atoms with Crippen LogP contribution in [0.3, 0.4) is 0 Å². The number of hydrogen-bond acceptors (Lipinski definition) is 3. The molecule has 2 heterocycles. The molecule has 1 aromatic rings. The van der Waals surface area contributed by atoms with Crippen molar-refractivity contribution in [3.63, 3.8) is 0 Å². The number of ether oxygens (including phenoxy) is 1. The van der Waals surface area contributed by atoms with E-state index in [-0.39, 0.29) is 17.1 Å². The van der Waals surface area contributed by atoms with Crippen LogP contribution >= 0.6 is 23.4 Å². The Morgan fingerprint density at radius 2 is 2.35 bits per heavy atom. The van der Waals surface area contributed by atoms with Crippen molar-refractivity contribution >= 4 is 29.3 Å². The zero-order valence-electron chi connectivity index (χ0n) is 9.27. The molecule has 0 N–H and O–H groups in total. The van der Waals surface area contributed by atoms with Gasteiger partial charge in [0.2, 0.25) is 0 Å². The minimum absolute atomic E-state index is 0.0582. The first kappa shape index (κ1) is 11.2. The van der Waals surface area contributed by atoms with Gasteiger partial charge in [-0.05, 0) is 36.4 Å². The number of benzene rings is 1. The van der Waals surface area contributed by atoms with Crippen molar-refractivity contribution in [1.29, 1.82) is 0 Å². The van der Waals surface area contributed by atoms with Crippen molar-refractivity contribution in [2.45, 2.75) is 18.6 Å². The van der Waals surface area contributed by atoms with Crippen molar-refractivity contribution in [2.24, 2.45) is 5.92 Å². The summed E-state index contributed by atoms with van der Waals surface area (Å²) < 4.78 is 5.36. The highest BCUT2D eigenvalue weighted by Crippen LogP contribution is 2.56. The number of carbonyl (C=O) groups excluding carboxylic acids is 1. The Labute approximate surface area is 109 Å². The predicted molar refractivity (Wildman–Crippen MR) is 69.3 cm³/mol. The number of allylic oxidation sites excluding steroid dienone is 2. The van der Waals surface area contributed by atoms with Crippen LogP contribution in [-0.4, -0.2) is 5.97 Å². The molecule has 0 amide bonds. The van der Waals surface area contributed by atoms with Gasteiger partial charge >= 0.3 is 5.97 Å². The maximum atomic E-state index is 11.9. The zero-order chi connectivity index (χ0) is 12.0. The lowest BCUT2D eigenvalue weighted by Crippen LogP contribution is -2.27. The van der Waals surface area contributed by atoms with Gasteiger partial charge in [0, 0.05) is 10.6 Å². The third-order valence-corrected chi connectivity index (χ3v) is 4.96. The van der Waals surface area contributed by atoms with E-state index in [1.807, 2.05) is 13.0 Å². The molecule has 2 unspecified atom stereocenters. The molecule has 0 spiro atoms. The monoisotopic (exact) mass is 266 g/mol. The molecule has 0 aliphatic carbocycles. The van der Waals surface area contributed by atoms with E-state index in [1.165, 1.54) is 4.91 Å². The summed E-state index contributed by atoms with van der Waals surface area (Å²) in [5.41, 5.74) is 1.05. The fourth-order valence-corrected chi connectivity index (χ4v) is 3.91. The SMILES string of the molecule is C/C=C1\CC2C(=O)Oc3ccc(Cl)cc3C2S1. The lowest BCUT2D eigenvalue weighted by atomic mass is 9.93. The molecule has 4 heteroatoms. The van der Waals surface area contributed by atoms with Crippen LogP contribution in [0.25, 0.3) is 0 Å². The second kappa shape index (κ2) is 4.07. The average Bonchev–Trinajstić information content (AvgIpc) is 2.75. The number of fused-ring (bicyclic) bond motifs is 3. The number of carbonyl (C=O) groups is 1. The van der Waals surface area contributed by atoms with Gasteiger partial charge in [-0.1, -0.05) is 17.7 Å². The molecule has 0 aromatic heterocycles. The molecule has 88 valence electrons. The van der Waals surface area contributed by atoms with Crippen molar-refractivity contribution in [1.82, 2.24) is 0 Å². The van der Waals surface area contributed by atoms with E-state index in [1.54, 1.807) is 23.9 Å². The average molecular weight is 267 g/mol. The van der Waals surface area contributed by atoms with Gasteiger partial charge in [-0.15, -0.1) is 11.8 Å². The van der Waals surface area contributed by atoms with E-state index in [4.69, 9.17) is 16.3 Å². The number of hydrogen-bond donors (Lipinski definition) is 0. The number of esters is 1. The Kier molecular flexibility index (Phi) is 2.68. The minimum atomic E-state index is -0.117. The fraction of sp³-hybridized carbons (Fsp3) is 0.308. The van der Waals surface area contributed by atoms with Gasteiger partial charge in [-0.25, -0.2) is 0 Å². The quantitative estimate of drug-likeness (QED) is 0.525. The summed E-state index contributed by atoms with van der Waals surface area (Å²) in [6.07, 6.45) is 2.86. The van der Waals surface area contributed by atoms with Gasteiger partial charge in [0.15, 0.2) is 0 Å². The van der Waals surface area contributed by atoms with Crippen molar-refractivity contribution in [3.8, 4) is 5.75 Å². The lowest BCUT2D eigenvalue weighted by Gasteiger charge is -2.25. The number of thioether (sulfide) groups is 1. The highest BCUT2D eigenvalue weighted by Gasteiger charge is 2.43. The first-order valence-electron chi connectivity index (χ1n) is 5.52. The molecule has 2 nitrogen and oxygen atoms in total.